The zero-order chi connectivity index (χ0) is 21.5. The van der Waals surface area contributed by atoms with E-state index in [1.807, 2.05) is 4.90 Å². The van der Waals surface area contributed by atoms with E-state index in [4.69, 9.17) is 14.2 Å². The number of nitrogens with zero attached hydrogens (tertiary/aromatic N) is 2. The molecule has 2 aliphatic rings. The van der Waals surface area contributed by atoms with Gasteiger partial charge in [0.15, 0.2) is 11.5 Å². The minimum absolute atomic E-state index is 0.123. The second-order valence-corrected chi connectivity index (χ2v) is 8.12. The summed E-state index contributed by atoms with van der Waals surface area (Å²) in [5, 5.41) is 0. The second kappa shape index (κ2) is 10.5. The summed E-state index contributed by atoms with van der Waals surface area (Å²) in [5.41, 5.74) is 0.437. The summed E-state index contributed by atoms with van der Waals surface area (Å²) in [6, 6.07) is 3.32. The highest BCUT2D eigenvalue weighted by molar-refractivity contribution is 5.98. The molecule has 1 aliphatic carbocycles. The Bertz CT molecular complexity index is 737. The number of carbonyl (C=O) groups is 2. The molecular formula is C23H34N2O5. The molecule has 1 saturated carbocycles. The minimum atomic E-state index is -0.123. The van der Waals surface area contributed by atoms with E-state index in [-0.39, 0.29) is 11.8 Å². The molecule has 0 bridgehead atoms. The number of hydrogen-bond donors (Lipinski definition) is 0. The van der Waals surface area contributed by atoms with Gasteiger partial charge in [-0.1, -0.05) is 32.1 Å². The Balaban J connectivity index is 1.56. The zero-order valence-corrected chi connectivity index (χ0v) is 18.4. The standard InChI is InChI=1S/C23H34N2O5/c1-28-19-16-21(30-3)20(29-2)15-18(19)23(27)25-13-11-24(12-14-25)22(26)10-9-17-7-5-4-6-8-17/h15-17H,4-14H2,1-3H3. The monoisotopic (exact) mass is 418 g/mol. The van der Waals surface area contributed by atoms with Crippen LogP contribution in [0.5, 0.6) is 17.2 Å². The molecule has 0 unspecified atom stereocenters. The van der Waals surface area contributed by atoms with Crippen LogP contribution in [0.25, 0.3) is 0 Å². The summed E-state index contributed by atoms with van der Waals surface area (Å²) in [6.45, 7) is 2.19. The van der Waals surface area contributed by atoms with E-state index in [0.717, 1.165) is 6.42 Å². The van der Waals surface area contributed by atoms with Crippen LogP contribution in [-0.2, 0) is 4.79 Å². The number of amides is 2. The van der Waals surface area contributed by atoms with Crippen molar-refractivity contribution in [2.24, 2.45) is 5.92 Å². The van der Waals surface area contributed by atoms with Gasteiger partial charge in [-0.25, -0.2) is 0 Å². The molecule has 1 heterocycles. The number of ether oxygens (including phenoxy) is 3. The molecule has 0 aromatic heterocycles. The normalized spacial score (nSPS) is 17.6. The smallest absolute Gasteiger partial charge is 0.257 e. The third kappa shape index (κ3) is 5.18. The first-order chi connectivity index (χ1) is 14.6. The molecule has 0 N–H and O–H groups in total. The fourth-order valence-corrected chi connectivity index (χ4v) is 4.49. The van der Waals surface area contributed by atoms with Crippen LogP contribution < -0.4 is 14.2 Å². The third-order valence-corrected chi connectivity index (χ3v) is 6.35. The molecule has 1 saturated heterocycles. The molecule has 1 aromatic carbocycles. The summed E-state index contributed by atoms with van der Waals surface area (Å²) in [6.07, 6.45) is 8.11. The van der Waals surface area contributed by atoms with Gasteiger partial charge in [0.2, 0.25) is 5.91 Å². The number of rotatable bonds is 7. The van der Waals surface area contributed by atoms with Crippen molar-refractivity contribution in [2.75, 3.05) is 47.5 Å². The molecule has 30 heavy (non-hydrogen) atoms. The van der Waals surface area contributed by atoms with Crippen molar-refractivity contribution in [1.29, 1.82) is 0 Å². The minimum Gasteiger partial charge on any atom is -0.496 e. The molecular weight excluding hydrogens is 384 g/mol. The van der Waals surface area contributed by atoms with Crippen molar-refractivity contribution >= 4 is 11.8 Å². The van der Waals surface area contributed by atoms with Gasteiger partial charge in [0.05, 0.1) is 26.9 Å². The van der Waals surface area contributed by atoms with Crippen molar-refractivity contribution < 1.29 is 23.8 Å². The Labute approximate surface area is 179 Å². The Hall–Kier alpha value is -2.44. The van der Waals surface area contributed by atoms with E-state index in [2.05, 4.69) is 0 Å². The lowest BCUT2D eigenvalue weighted by Crippen LogP contribution is -2.50. The van der Waals surface area contributed by atoms with Gasteiger partial charge in [-0.2, -0.15) is 0 Å². The molecule has 7 nitrogen and oxygen atoms in total. The number of piperazine rings is 1. The predicted molar refractivity (Wildman–Crippen MR) is 114 cm³/mol. The van der Waals surface area contributed by atoms with E-state index < -0.39 is 0 Å². The van der Waals surface area contributed by atoms with Crippen molar-refractivity contribution in [2.45, 2.75) is 44.9 Å². The molecule has 0 spiro atoms. The maximum Gasteiger partial charge on any atom is 0.257 e. The van der Waals surface area contributed by atoms with Crippen LogP contribution in [0, 0.1) is 5.92 Å². The Morgan fingerprint density at radius 3 is 2.00 bits per heavy atom. The van der Waals surface area contributed by atoms with Gasteiger partial charge in [-0.3, -0.25) is 9.59 Å². The Morgan fingerprint density at radius 2 is 1.40 bits per heavy atom. The molecule has 1 aliphatic heterocycles. The summed E-state index contributed by atoms with van der Waals surface area (Å²) >= 11 is 0. The van der Waals surface area contributed by atoms with Gasteiger partial charge < -0.3 is 24.0 Å². The summed E-state index contributed by atoms with van der Waals surface area (Å²) in [5.74, 6) is 2.25. The summed E-state index contributed by atoms with van der Waals surface area (Å²) < 4.78 is 16.0. The first kappa shape index (κ1) is 22.2. The van der Waals surface area contributed by atoms with E-state index >= 15 is 0 Å². The number of carbonyl (C=O) groups excluding carboxylic acids is 2. The van der Waals surface area contributed by atoms with Gasteiger partial charge in [0.1, 0.15) is 5.75 Å². The van der Waals surface area contributed by atoms with Crippen LogP contribution in [0.2, 0.25) is 0 Å². The van der Waals surface area contributed by atoms with Gasteiger partial charge >= 0.3 is 0 Å². The molecule has 1 aromatic rings. The molecule has 0 radical (unpaired) electrons. The van der Waals surface area contributed by atoms with Gasteiger partial charge in [-0.05, 0) is 12.3 Å². The van der Waals surface area contributed by atoms with Crippen LogP contribution in [0.4, 0.5) is 0 Å². The lowest BCUT2D eigenvalue weighted by Gasteiger charge is -2.35. The van der Waals surface area contributed by atoms with Crippen LogP contribution in [0.1, 0.15) is 55.3 Å². The molecule has 3 rings (SSSR count). The first-order valence-corrected chi connectivity index (χ1v) is 10.9. The van der Waals surface area contributed by atoms with Crippen molar-refractivity contribution in [3.8, 4) is 17.2 Å². The fraction of sp³-hybridized carbons (Fsp3) is 0.652. The number of methoxy groups -OCH3 is 3. The van der Waals surface area contributed by atoms with E-state index in [0.29, 0.717) is 61.3 Å². The lowest BCUT2D eigenvalue weighted by molar-refractivity contribution is -0.133. The highest BCUT2D eigenvalue weighted by atomic mass is 16.5. The van der Waals surface area contributed by atoms with Crippen molar-refractivity contribution in [3.63, 3.8) is 0 Å². The first-order valence-electron chi connectivity index (χ1n) is 10.9. The van der Waals surface area contributed by atoms with E-state index in [9.17, 15) is 9.59 Å². The highest BCUT2D eigenvalue weighted by Crippen LogP contribution is 2.35. The van der Waals surface area contributed by atoms with Gasteiger partial charge in [-0.15, -0.1) is 0 Å². The Morgan fingerprint density at radius 1 is 0.833 bits per heavy atom. The molecule has 2 amide bonds. The quantitative estimate of drug-likeness (QED) is 0.679. The molecule has 166 valence electrons. The second-order valence-electron chi connectivity index (χ2n) is 8.12. The predicted octanol–water partition coefficient (Wildman–Crippen LogP) is 3.36. The average Bonchev–Trinajstić information content (AvgIpc) is 2.81. The van der Waals surface area contributed by atoms with Gasteiger partial charge in [0.25, 0.3) is 5.91 Å². The lowest BCUT2D eigenvalue weighted by atomic mass is 9.86. The van der Waals surface area contributed by atoms with Crippen LogP contribution >= 0.6 is 0 Å². The SMILES string of the molecule is COc1cc(OC)c(C(=O)N2CCN(C(=O)CCC3CCCCC3)CC2)cc1OC. The third-order valence-electron chi connectivity index (χ3n) is 6.35. The van der Waals surface area contributed by atoms with Crippen molar-refractivity contribution in [3.05, 3.63) is 17.7 Å². The summed E-state index contributed by atoms with van der Waals surface area (Å²) in [4.78, 5) is 29.4. The van der Waals surface area contributed by atoms with Crippen LogP contribution in [0.3, 0.4) is 0 Å². The van der Waals surface area contributed by atoms with E-state index in [1.165, 1.54) is 46.3 Å². The number of benzene rings is 1. The highest BCUT2D eigenvalue weighted by Gasteiger charge is 2.28. The largest absolute Gasteiger partial charge is 0.496 e. The van der Waals surface area contributed by atoms with Crippen molar-refractivity contribution in [1.82, 2.24) is 9.80 Å². The fourth-order valence-electron chi connectivity index (χ4n) is 4.49. The Kier molecular flexibility index (Phi) is 7.82. The average molecular weight is 419 g/mol. The number of hydrogen-bond acceptors (Lipinski definition) is 5. The van der Waals surface area contributed by atoms with Crippen LogP contribution in [-0.4, -0.2) is 69.1 Å². The maximum atomic E-state index is 13.1. The van der Waals surface area contributed by atoms with Gasteiger partial charge in [0, 0.05) is 44.7 Å². The maximum absolute atomic E-state index is 13.1. The van der Waals surface area contributed by atoms with Crippen LogP contribution in [0.15, 0.2) is 12.1 Å². The topological polar surface area (TPSA) is 68.3 Å². The summed E-state index contributed by atoms with van der Waals surface area (Å²) in [7, 11) is 4.61. The zero-order valence-electron chi connectivity index (χ0n) is 18.4. The molecule has 7 heteroatoms. The molecule has 0 atom stereocenters. The van der Waals surface area contributed by atoms with E-state index in [1.54, 1.807) is 24.1 Å². The molecule has 2 fully saturated rings.